The SMILES string of the molecule is [2H]C([2H])(OC(=O)CCCCCCCCCCCCCC)C([2H])(OC(=O)CCCCCCC/C=C\CCCCCCCC)C([2H])([2H])OC(=O)CCCCCCCCCCCCCC. The largest absolute Gasteiger partial charge is 0.462 e. The van der Waals surface area contributed by atoms with E-state index in [4.69, 9.17) is 21.1 Å². The second kappa shape index (κ2) is 46.8. The van der Waals surface area contributed by atoms with Gasteiger partial charge in [-0.1, -0.05) is 226 Å². The Kier molecular flexibility index (Phi) is 38.0. The molecule has 0 aliphatic heterocycles. The van der Waals surface area contributed by atoms with E-state index in [9.17, 15) is 14.4 Å². The van der Waals surface area contributed by atoms with Gasteiger partial charge in [0, 0.05) is 19.3 Å². The highest BCUT2D eigenvalue weighted by Crippen LogP contribution is 2.16. The Bertz CT molecular complexity index is 1050. The molecule has 0 N–H and O–H groups in total. The Balaban J connectivity index is 5.04. The summed E-state index contributed by atoms with van der Waals surface area (Å²) in [7, 11) is 0. The number of allylic oxidation sites excluding steroid dienone is 2. The molecule has 0 radical (unpaired) electrons. The Hall–Kier alpha value is -1.85. The van der Waals surface area contributed by atoms with Crippen LogP contribution in [-0.4, -0.2) is 37.1 Å². The summed E-state index contributed by atoms with van der Waals surface area (Å²) in [4.78, 5) is 38.8. The van der Waals surface area contributed by atoms with Gasteiger partial charge in [-0.25, -0.2) is 0 Å². The standard InChI is InChI=1S/C51H96O6/c1-4-7-10-13-16-19-22-25-26-27-30-33-36-39-42-45-51(54)57-48(46-55-49(52)43-40-37-34-31-28-23-20-17-14-11-8-5-2)47-56-50(53)44-41-38-35-32-29-24-21-18-15-12-9-6-3/h25-26,48H,4-24,27-47H2,1-3H3/b26-25-/i46D2,47D2,48D. The van der Waals surface area contributed by atoms with Gasteiger partial charge in [0.1, 0.15) is 13.1 Å². The summed E-state index contributed by atoms with van der Waals surface area (Å²) >= 11 is 0. The normalized spacial score (nSPS) is 13.5. The van der Waals surface area contributed by atoms with Crippen molar-refractivity contribution in [2.45, 2.75) is 284 Å². The molecule has 0 spiro atoms. The summed E-state index contributed by atoms with van der Waals surface area (Å²) in [5.41, 5.74) is 0. The zero-order chi connectivity index (χ0) is 46.1. The third-order valence-corrected chi connectivity index (χ3v) is 10.8. The van der Waals surface area contributed by atoms with Crippen molar-refractivity contribution in [1.29, 1.82) is 0 Å². The van der Waals surface area contributed by atoms with Crippen LogP contribution in [0.15, 0.2) is 12.2 Å². The Labute approximate surface area is 361 Å². The van der Waals surface area contributed by atoms with Crippen molar-refractivity contribution in [2.24, 2.45) is 0 Å². The van der Waals surface area contributed by atoms with Gasteiger partial charge in [-0.15, -0.1) is 0 Å². The summed E-state index contributed by atoms with van der Waals surface area (Å²) in [5.74, 6) is -2.95. The lowest BCUT2D eigenvalue weighted by Crippen LogP contribution is -2.30. The number of hydrogen-bond donors (Lipinski definition) is 0. The van der Waals surface area contributed by atoms with Gasteiger partial charge in [-0.2, -0.15) is 0 Å². The second-order valence-electron chi connectivity index (χ2n) is 16.6. The molecule has 0 unspecified atom stereocenters. The molecule has 0 atom stereocenters. The van der Waals surface area contributed by atoms with Crippen LogP contribution in [0.1, 0.15) is 284 Å². The van der Waals surface area contributed by atoms with Crippen LogP contribution >= 0.6 is 0 Å². The first-order valence-electron chi connectivity index (χ1n) is 27.2. The first kappa shape index (κ1) is 46.2. The average Bonchev–Trinajstić information content (AvgIpc) is 3.22. The Morgan fingerprint density at radius 2 is 0.632 bits per heavy atom. The fourth-order valence-electron chi connectivity index (χ4n) is 7.10. The molecule has 0 aromatic carbocycles. The van der Waals surface area contributed by atoms with Gasteiger partial charge >= 0.3 is 17.9 Å². The summed E-state index contributed by atoms with van der Waals surface area (Å²) in [6, 6.07) is 0. The molecule has 6 heteroatoms. The van der Waals surface area contributed by atoms with E-state index in [1.807, 2.05) is 0 Å². The first-order chi connectivity index (χ1) is 29.9. The maximum atomic E-state index is 13.1. The molecule has 0 saturated carbocycles. The molecule has 0 aliphatic carbocycles. The van der Waals surface area contributed by atoms with Crippen LogP contribution in [0.5, 0.6) is 0 Å². The zero-order valence-corrected chi connectivity index (χ0v) is 37.9. The molecule has 57 heavy (non-hydrogen) atoms. The fourth-order valence-corrected chi connectivity index (χ4v) is 7.10. The number of rotatable bonds is 46. The predicted molar refractivity (Wildman–Crippen MR) is 243 cm³/mol. The minimum Gasteiger partial charge on any atom is -0.462 e. The molecule has 0 rings (SSSR count). The number of unbranched alkanes of at least 4 members (excludes halogenated alkanes) is 33. The second-order valence-corrected chi connectivity index (χ2v) is 16.6. The average molecular weight is 810 g/mol. The molecule has 0 fully saturated rings. The minimum absolute atomic E-state index is 0.127. The van der Waals surface area contributed by atoms with E-state index in [1.54, 1.807) is 0 Å². The monoisotopic (exact) mass is 810 g/mol. The number of carbonyl (C=O) groups excluding carboxylic acids is 3. The van der Waals surface area contributed by atoms with Crippen molar-refractivity contribution in [1.82, 2.24) is 0 Å². The van der Waals surface area contributed by atoms with Gasteiger partial charge in [-0.05, 0) is 44.9 Å². The van der Waals surface area contributed by atoms with Crippen molar-refractivity contribution < 1.29 is 35.4 Å². The van der Waals surface area contributed by atoms with Crippen molar-refractivity contribution in [2.75, 3.05) is 13.1 Å². The predicted octanol–water partition coefficient (Wildman–Crippen LogP) is 16.2. The molecule has 0 aromatic heterocycles. The van der Waals surface area contributed by atoms with Crippen LogP contribution in [0.2, 0.25) is 0 Å². The van der Waals surface area contributed by atoms with Crippen LogP contribution in [0, 0.1) is 0 Å². The van der Waals surface area contributed by atoms with E-state index >= 15 is 0 Å². The van der Waals surface area contributed by atoms with Crippen LogP contribution in [-0.2, 0) is 28.6 Å². The molecule has 0 heterocycles. The maximum absolute atomic E-state index is 13.1. The van der Waals surface area contributed by atoms with E-state index < -0.39 is 37.1 Å². The van der Waals surface area contributed by atoms with Gasteiger partial charge in [0.2, 0.25) is 0 Å². The maximum Gasteiger partial charge on any atom is 0.306 e. The third-order valence-electron chi connectivity index (χ3n) is 10.8. The van der Waals surface area contributed by atoms with Gasteiger partial charge in [0.15, 0.2) is 6.08 Å². The van der Waals surface area contributed by atoms with E-state index in [0.29, 0.717) is 25.7 Å². The number of esters is 3. The topological polar surface area (TPSA) is 78.9 Å². The van der Waals surface area contributed by atoms with Crippen molar-refractivity contribution in [3.63, 3.8) is 0 Å². The van der Waals surface area contributed by atoms with Crippen LogP contribution in [0.3, 0.4) is 0 Å². The molecular formula is C51H96O6. The lowest BCUT2D eigenvalue weighted by atomic mass is 10.0. The quantitative estimate of drug-likeness (QED) is 0.0264. The van der Waals surface area contributed by atoms with Crippen molar-refractivity contribution in [3.05, 3.63) is 12.2 Å². The fraction of sp³-hybridized carbons (Fsp3) is 0.902. The zero-order valence-electron chi connectivity index (χ0n) is 42.9. The molecule has 0 amide bonds. The number of carbonyl (C=O) groups is 3. The van der Waals surface area contributed by atoms with E-state index in [-0.39, 0.29) is 19.3 Å². The molecule has 0 aromatic rings. The third kappa shape index (κ3) is 45.1. The minimum atomic E-state index is -3.49. The van der Waals surface area contributed by atoms with Crippen LogP contribution in [0.25, 0.3) is 0 Å². The lowest BCUT2D eigenvalue weighted by Gasteiger charge is -2.18. The summed E-state index contributed by atoms with van der Waals surface area (Å²) in [6.07, 6.45) is 40.9. The smallest absolute Gasteiger partial charge is 0.306 e. The number of hydrogen-bond acceptors (Lipinski definition) is 6. The van der Waals surface area contributed by atoms with E-state index in [0.717, 1.165) is 83.5 Å². The van der Waals surface area contributed by atoms with E-state index in [2.05, 4.69) is 32.9 Å². The Morgan fingerprint density at radius 3 is 0.930 bits per heavy atom. The summed E-state index contributed by atoms with van der Waals surface area (Å²) in [6.45, 7) is -0.219. The van der Waals surface area contributed by atoms with Crippen molar-refractivity contribution >= 4 is 17.9 Å². The molecule has 0 bridgehead atoms. The van der Waals surface area contributed by atoms with E-state index in [1.165, 1.54) is 128 Å². The highest BCUT2D eigenvalue weighted by Gasteiger charge is 2.19. The molecule has 6 nitrogen and oxygen atoms in total. The summed E-state index contributed by atoms with van der Waals surface area (Å²) in [5, 5.41) is 0. The number of ether oxygens (including phenoxy) is 3. The Morgan fingerprint density at radius 1 is 0.386 bits per heavy atom. The lowest BCUT2D eigenvalue weighted by molar-refractivity contribution is -0.167. The van der Waals surface area contributed by atoms with Crippen LogP contribution < -0.4 is 0 Å². The van der Waals surface area contributed by atoms with Gasteiger partial charge < -0.3 is 14.2 Å². The van der Waals surface area contributed by atoms with Crippen molar-refractivity contribution in [3.8, 4) is 0 Å². The highest BCUT2D eigenvalue weighted by atomic mass is 16.6. The molecular weight excluding hydrogens is 709 g/mol. The summed E-state index contributed by atoms with van der Waals surface area (Å²) < 4.78 is 58.7. The molecule has 0 aliphatic rings. The molecule has 336 valence electrons. The first-order valence-corrected chi connectivity index (χ1v) is 24.7. The van der Waals surface area contributed by atoms with Gasteiger partial charge in [0.05, 0.1) is 6.85 Å². The van der Waals surface area contributed by atoms with Gasteiger partial charge in [-0.3, -0.25) is 14.4 Å². The molecule has 0 saturated heterocycles. The van der Waals surface area contributed by atoms with Gasteiger partial charge in [0.25, 0.3) is 0 Å². The highest BCUT2D eigenvalue weighted by molar-refractivity contribution is 5.71. The van der Waals surface area contributed by atoms with Crippen LogP contribution in [0.4, 0.5) is 0 Å².